The number of halogens is 2. The number of ether oxygens (including phenoxy) is 8. The molecule has 7 N–H and O–H groups in total. The second-order valence-corrected chi connectivity index (χ2v) is 20.7. The van der Waals surface area contributed by atoms with Crippen molar-refractivity contribution in [2.75, 3.05) is 20.3 Å². The molecule has 3 aliphatic rings. The number of hydrogen-bond donors (Lipinski definition) is 7. The van der Waals surface area contributed by atoms with Crippen molar-refractivity contribution in [1.29, 1.82) is 0 Å². The number of hydrogen-bond acceptors (Lipinski definition) is 17. The summed E-state index contributed by atoms with van der Waals surface area (Å²) in [5, 5.41) is 77.0. The third kappa shape index (κ3) is 15.2. The third-order valence-electron chi connectivity index (χ3n) is 12.9. The van der Waals surface area contributed by atoms with Crippen molar-refractivity contribution in [3.63, 3.8) is 0 Å². The Balaban J connectivity index is 1.60. The van der Waals surface area contributed by atoms with E-state index in [0.717, 1.165) is 11.1 Å². The van der Waals surface area contributed by atoms with Crippen LogP contribution in [0.5, 0.6) is 11.5 Å². The van der Waals surface area contributed by atoms with Crippen LogP contribution in [-0.4, -0.2) is 153 Å². The highest BCUT2D eigenvalue weighted by Gasteiger charge is 2.52. The molecule has 0 radical (unpaired) electrons. The third-order valence-corrected chi connectivity index (χ3v) is 14.1. The second-order valence-electron chi connectivity index (χ2n) is 19.5. The molecule has 1 aromatic rings. The maximum Gasteiger partial charge on any atom is 0.342 e. The summed E-state index contributed by atoms with van der Waals surface area (Å²) in [6.45, 7) is 19.7. The Morgan fingerprint density at radius 3 is 2.24 bits per heavy atom. The zero-order valence-electron chi connectivity index (χ0n) is 42.8. The normalized spacial score (nSPS) is 31.9. The van der Waals surface area contributed by atoms with E-state index in [2.05, 4.69) is 15.9 Å². The second kappa shape index (κ2) is 26.8. The van der Waals surface area contributed by atoms with Gasteiger partial charge in [0.2, 0.25) is 0 Å². The molecule has 0 unspecified atom stereocenters. The molecule has 3 aliphatic heterocycles. The molecule has 19 heteroatoms. The van der Waals surface area contributed by atoms with Gasteiger partial charge in [-0.25, -0.2) is 9.59 Å². The van der Waals surface area contributed by atoms with Gasteiger partial charge in [0.15, 0.2) is 30.2 Å². The highest BCUT2D eigenvalue weighted by Crippen LogP contribution is 2.45. The van der Waals surface area contributed by atoms with Crippen LogP contribution < -0.4 is 0 Å². The molecule has 0 bridgehead atoms. The Kier molecular flexibility index (Phi) is 22.8. The first-order valence-corrected chi connectivity index (χ1v) is 25.3. The molecule has 0 spiro atoms. The van der Waals surface area contributed by atoms with Gasteiger partial charge in [-0.05, 0) is 112 Å². The fourth-order valence-electron chi connectivity index (χ4n) is 8.72. The van der Waals surface area contributed by atoms with E-state index in [1.165, 1.54) is 27.0 Å². The summed E-state index contributed by atoms with van der Waals surface area (Å²) in [6, 6.07) is 0. The van der Waals surface area contributed by atoms with Gasteiger partial charge in [-0.15, -0.1) is 0 Å². The molecular formula is C52H76BrClO17. The summed E-state index contributed by atoms with van der Waals surface area (Å²) >= 11 is 9.31. The van der Waals surface area contributed by atoms with Crippen molar-refractivity contribution >= 4 is 39.5 Å². The maximum absolute atomic E-state index is 14.0. The first-order chi connectivity index (χ1) is 33.3. The number of cyclic esters (lactones) is 1. The molecule has 2 saturated heterocycles. The number of phenolic OH excluding ortho intramolecular Hbond substituents is 2. The van der Waals surface area contributed by atoms with E-state index in [0.29, 0.717) is 18.6 Å². The van der Waals surface area contributed by atoms with Gasteiger partial charge in [0.05, 0.1) is 46.7 Å². The van der Waals surface area contributed by atoms with Crippen LogP contribution >= 0.6 is 27.5 Å². The summed E-state index contributed by atoms with van der Waals surface area (Å²) in [5.74, 6) is -3.18. The number of benzene rings is 1. The average Bonchev–Trinajstić information content (AvgIpc) is 3.30. The molecule has 4 rings (SSSR count). The van der Waals surface area contributed by atoms with E-state index in [1.54, 1.807) is 45.9 Å². The van der Waals surface area contributed by atoms with Crippen LogP contribution in [0.1, 0.15) is 111 Å². The van der Waals surface area contributed by atoms with E-state index in [-0.39, 0.29) is 52.3 Å². The SMILES string of the molecule is CCc1c(Br)c(O)c(Cl)c(O)c1C(=O)O[C@@H]1[C@@H](O)[C@@H](OC)[C@@H](OCC2=CC=CC[C@H](O)C(C)=C[C@H](CC)[C@@H](O[C@@H]3OC(C)(C)[C@@H](OCC(C)C)[C@H](O)[C@@H]3O)C(C)=CC(C)=CC[C@@H]([C@H](C)O)OC2=O)O[C@H]1C. The average molecular weight is 1090 g/mol. The molecule has 71 heavy (non-hydrogen) atoms. The minimum atomic E-state index is -1.54. The number of rotatable bonds is 14. The molecule has 3 heterocycles. The lowest BCUT2D eigenvalue weighted by molar-refractivity contribution is -0.338. The molecule has 14 atom stereocenters. The molecular weight excluding hydrogens is 1010 g/mol. The van der Waals surface area contributed by atoms with E-state index < -0.39 is 120 Å². The highest BCUT2D eigenvalue weighted by atomic mass is 79.9. The number of allylic oxidation sites excluding steroid dienone is 4. The van der Waals surface area contributed by atoms with Crippen molar-refractivity contribution < 1.29 is 83.2 Å². The Labute approximate surface area is 431 Å². The molecule has 2 fully saturated rings. The van der Waals surface area contributed by atoms with E-state index >= 15 is 0 Å². The van der Waals surface area contributed by atoms with Gasteiger partial charge in [-0.3, -0.25) is 0 Å². The Hall–Kier alpha value is -3.21. The Morgan fingerprint density at radius 1 is 0.958 bits per heavy atom. The van der Waals surface area contributed by atoms with Crippen LogP contribution in [0.3, 0.4) is 0 Å². The lowest BCUT2D eigenvalue weighted by atomic mass is 9.88. The zero-order valence-corrected chi connectivity index (χ0v) is 45.2. The lowest BCUT2D eigenvalue weighted by Crippen LogP contribution is -2.64. The van der Waals surface area contributed by atoms with Crippen LogP contribution in [0.4, 0.5) is 0 Å². The van der Waals surface area contributed by atoms with E-state index in [4.69, 9.17) is 49.5 Å². The Bertz CT molecular complexity index is 2130. The number of esters is 2. The fourth-order valence-corrected chi connectivity index (χ4v) is 9.70. The smallest absolute Gasteiger partial charge is 0.342 e. The van der Waals surface area contributed by atoms with Gasteiger partial charge < -0.3 is 73.6 Å². The number of methoxy groups -OCH3 is 1. The number of aliphatic hydroxyl groups is 5. The van der Waals surface area contributed by atoms with Crippen LogP contribution in [0.15, 0.2) is 63.2 Å². The van der Waals surface area contributed by atoms with Gasteiger partial charge in [-0.1, -0.05) is 75.2 Å². The van der Waals surface area contributed by atoms with Crippen molar-refractivity contribution in [3.05, 3.63) is 79.4 Å². The van der Waals surface area contributed by atoms with Crippen molar-refractivity contribution in [1.82, 2.24) is 0 Å². The van der Waals surface area contributed by atoms with Gasteiger partial charge in [0.1, 0.15) is 47.2 Å². The topological polar surface area (TPSA) is 250 Å². The van der Waals surface area contributed by atoms with Gasteiger partial charge in [0.25, 0.3) is 0 Å². The summed E-state index contributed by atoms with van der Waals surface area (Å²) in [4.78, 5) is 27.5. The van der Waals surface area contributed by atoms with Crippen LogP contribution in [0, 0.1) is 11.8 Å². The van der Waals surface area contributed by atoms with E-state index in [1.807, 2.05) is 46.8 Å². The standard InChI is InChI=1S/C52H76BrClO17/c1-13-31-22-27(6)34(56)18-16-15-17-32(24-66-51-46(64-12)43(61)45(30(9)67-51)69-49(63)36-33(14-2)37(53)40(58)38(54)39(36)57)48(62)68-35(29(8)55)20-19-26(5)21-28(7)44(31)70-50-42(60)41(59)47(52(10,11)71-50)65-23-25(3)4/h15-17,19,21-22,25,29-31,34-35,41-47,50-51,55-61H,13-14,18,20,23-24H2,1-12H3/t29-,30-,31-,34-,35-,41+,42-,43+,44-,45-,46+,47-,50+,51-/m0/s1. The zero-order chi connectivity index (χ0) is 53.2. The first-order valence-electron chi connectivity index (χ1n) is 24.2. The summed E-state index contributed by atoms with van der Waals surface area (Å²) in [7, 11) is 1.28. The number of aliphatic hydroxyl groups excluding tert-OH is 5. The number of phenols is 2. The van der Waals surface area contributed by atoms with Crippen molar-refractivity contribution in [2.45, 2.75) is 187 Å². The molecule has 400 valence electrons. The molecule has 0 saturated carbocycles. The minimum Gasteiger partial charge on any atom is -0.505 e. The largest absolute Gasteiger partial charge is 0.505 e. The fraction of sp³-hybridized carbons (Fsp3) is 0.654. The van der Waals surface area contributed by atoms with Crippen LogP contribution in [-0.2, 0) is 49.1 Å². The predicted octanol–water partition coefficient (Wildman–Crippen LogP) is 6.82. The molecule has 1 aromatic carbocycles. The van der Waals surface area contributed by atoms with Crippen LogP contribution in [0.2, 0.25) is 5.02 Å². The number of carbonyl (C=O) groups excluding carboxylic acids is 2. The van der Waals surface area contributed by atoms with Gasteiger partial charge in [0, 0.05) is 26.1 Å². The molecule has 17 nitrogen and oxygen atoms in total. The predicted molar refractivity (Wildman–Crippen MR) is 268 cm³/mol. The van der Waals surface area contributed by atoms with E-state index in [9.17, 15) is 45.3 Å². The first kappa shape index (κ1) is 60.3. The van der Waals surface area contributed by atoms with Crippen molar-refractivity contribution in [3.8, 4) is 11.5 Å². The Morgan fingerprint density at radius 2 is 1.63 bits per heavy atom. The molecule has 0 aromatic heterocycles. The lowest BCUT2D eigenvalue weighted by Gasteiger charge is -2.48. The number of carbonyl (C=O) groups is 2. The molecule has 0 aliphatic carbocycles. The number of aromatic hydroxyl groups is 2. The summed E-state index contributed by atoms with van der Waals surface area (Å²) in [5.41, 5.74) is 0.980. The van der Waals surface area contributed by atoms with Crippen LogP contribution in [0.25, 0.3) is 0 Å². The minimum absolute atomic E-state index is 0.0121. The van der Waals surface area contributed by atoms with Gasteiger partial charge >= 0.3 is 11.9 Å². The monoisotopic (exact) mass is 1090 g/mol. The molecule has 0 amide bonds. The highest BCUT2D eigenvalue weighted by molar-refractivity contribution is 9.10. The van der Waals surface area contributed by atoms with Crippen molar-refractivity contribution in [2.24, 2.45) is 11.8 Å². The summed E-state index contributed by atoms with van der Waals surface area (Å²) < 4.78 is 48.3. The quantitative estimate of drug-likeness (QED) is 0.0746. The summed E-state index contributed by atoms with van der Waals surface area (Å²) in [6.07, 6.45) is -3.80. The maximum atomic E-state index is 14.0. The van der Waals surface area contributed by atoms with Gasteiger partial charge in [-0.2, -0.15) is 0 Å².